The Balaban J connectivity index is 2.51. The molecule has 1 N–H and O–H groups in total. The molecule has 6 nitrogen and oxygen atoms in total. The molecule has 1 saturated heterocycles. The third-order valence-electron chi connectivity index (χ3n) is 3.51. The fourth-order valence-corrected chi connectivity index (χ4v) is 4.01. The summed E-state index contributed by atoms with van der Waals surface area (Å²) >= 11 is 0. The van der Waals surface area contributed by atoms with E-state index in [2.05, 4.69) is 5.32 Å². The molecule has 1 fully saturated rings. The van der Waals surface area contributed by atoms with Crippen LogP contribution in [0.1, 0.15) is 32.6 Å². The third kappa shape index (κ3) is 5.38. The molecule has 7 heteroatoms. The van der Waals surface area contributed by atoms with Crippen LogP contribution >= 0.6 is 0 Å². The molecular formula is C13H26N2O4S. The van der Waals surface area contributed by atoms with E-state index in [1.165, 1.54) is 4.31 Å². The average molecular weight is 306 g/mol. The Morgan fingerprint density at radius 2 is 2.20 bits per heavy atom. The van der Waals surface area contributed by atoms with Gasteiger partial charge in [-0.1, -0.05) is 13.3 Å². The van der Waals surface area contributed by atoms with Crippen LogP contribution in [0.25, 0.3) is 0 Å². The Labute approximate surface area is 121 Å². The van der Waals surface area contributed by atoms with Crippen molar-refractivity contribution < 1.29 is 17.9 Å². The minimum absolute atomic E-state index is 0.0718. The van der Waals surface area contributed by atoms with Crippen molar-refractivity contribution in [3.63, 3.8) is 0 Å². The molecule has 0 aromatic carbocycles. The molecule has 1 aliphatic rings. The number of carbonyl (C=O) groups excluding carboxylic acids is 1. The van der Waals surface area contributed by atoms with Gasteiger partial charge in [0.2, 0.25) is 15.9 Å². The van der Waals surface area contributed by atoms with Gasteiger partial charge >= 0.3 is 0 Å². The predicted octanol–water partition coefficient (Wildman–Crippen LogP) is 0.591. The van der Waals surface area contributed by atoms with E-state index < -0.39 is 10.0 Å². The van der Waals surface area contributed by atoms with Crippen LogP contribution in [0.5, 0.6) is 0 Å². The molecule has 0 radical (unpaired) electrons. The number of methoxy groups -OCH3 is 1. The monoisotopic (exact) mass is 306 g/mol. The first-order valence-corrected chi connectivity index (χ1v) is 8.86. The molecule has 0 unspecified atom stereocenters. The van der Waals surface area contributed by atoms with Crippen LogP contribution < -0.4 is 5.32 Å². The Bertz CT molecular complexity index is 397. The van der Waals surface area contributed by atoms with E-state index in [9.17, 15) is 13.2 Å². The molecule has 0 saturated carbocycles. The summed E-state index contributed by atoms with van der Waals surface area (Å²) in [5.41, 5.74) is 0. The molecule has 0 aromatic rings. The Morgan fingerprint density at radius 3 is 2.85 bits per heavy atom. The van der Waals surface area contributed by atoms with Crippen LogP contribution in [0.15, 0.2) is 0 Å². The Hall–Kier alpha value is -0.660. The van der Waals surface area contributed by atoms with Gasteiger partial charge < -0.3 is 10.1 Å². The first-order chi connectivity index (χ1) is 9.51. The molecule has 0 aliphatic carbocycles. The molecule has 1 atom stereocenters. The second-order valence-corrected chi connectivity index (χ2v) is 7.24. The minimum atomic E-state index is -3.21. The number of sulfonamides is 1. The van der Waals surface area contributed by atoms with Crippen LogP contribution in [0, 0.1) is 5.92 Å². The van der Waals surface area contributed by atoms with E-state index in [0.717, 1.165) is 19.3 Å². The lowest BCUT2D eigenvalue weighted by Crippen LogP contribution is -2.46. The Morgan fingerprint density at radius 1 is 1.45 bits per heavy atom. The topological polar surface area (TPSA) is 75.7 Å². The number of hydrogen-bond acceptors (Lipinski definition) is 4. The summed E-state index contributed by atoms with van der Waals surface area (Å²) in [4.78, 5) is 12.0. The van der Waals surface area contributed by atoms with E-state index in [4.69, 9.17) is 4.74 Å². The smallest absolute Gasteiger partial charge is 0.224 e. The van der Waals surface area contributed by atoms with Crippen LogP contribution in [-0.4, -0.2) is 57.7 Å². The SMILES string of the molecule is CCCCS(=O)(=O)N1CCC[C@H](C(=O)NCCOC)C1. The van der Waals surface area contributed by atoms with Gasteiger partial charge in [-0.05, 0) is 19.3 Å². The second-order valence-electron chi connectivity index (χ2n) is 5.15. The van der Waals surface area contributed by atoms with E-state index in [-0.39, 0.29) is 17.6 Å². The molecule has 0 spiro atoms. The normalized spacial score (nSPS) is 20.8. The van der Waals surface area contributed by atoms with Crippen molar-refractivity contribution in [2.24, 2.45) is 5.92 Å². The molecule has 1 rings (SSSR count). The van der Waals surface area contributed by atoms with Gasteiger partial charge in [0.25, 0.3) is 0 Å². The summed E-state index contributed by atoms with van der Waals surface area (Å²) in [6.07, 6.45) is 3.02. The van der Waals surface area contributed by atoms with Gasteiger partial charge in [-0.15, -0.1) is 0 Å². The van der Waals surface area contributed by atoms with E-state index in [1.807, 2.05) is 6.92 Å². The van der Waals surface area contributed by atoms with Crippen molar-refractivity contribution in [2.45, 2.75) is 32.6 Å². The lowest BCUT2D eigenvalue weighted by atomic mass is 9.99. The molecule has 1 amide bonds. The average Bonchev–Trinajstić information content (AvgIpc) is 2.45. The number of nitrogens with one attached hydrogen (secondary N) is 1. The molecular weight excluding hydrogens is 280 g/mol. The summed E-state index contributed by atoms with van der Waals surface area (Å²) in [6.45, 7) is 3.75. The van der Waals surface area contributed by atoms with Crippen molar-refractivity contribution in [3.8, 4) is 0 Å². The van der Waals surface area contributed by atoms with Gasteiger partial charge in [-0.3, -0.25) is 4.79 Å². The third-order valence-corrected chi connectivity index (χ3v) is 5.43. The predicted molar refractivity (Wildman–Crippen MR) is 77.9 cm³/mol. The zero-order valence-corrected chi connectivity index (χ0v) is 13.2. The van der Waals surface area contributed by atoms with Crippen LogP contribution in [-0.2, 0) is 19.6 Å². The molecule has 118 valence electrons. The number of rotatable bonds is 8. The highest BCUT2D eigenvalue weighted by molar-refractivity contribution is 7.89. The molecule has 20 heavy (non-hydrogen) atoms. The summed E-state index contributed by atoms with van der Waals surface area (Å²) in [7, 11) is -1.63. The van der Waals surface area contributed by atoms with Gasteiger partial charge in [0.15, 0.2) is 0 Å². The lowest BCUT2D eigenvalue weighted by Gasteiger charge is -2.31. The number of amides is 1. The number of nitrogens with zero attached hydrogens (tertiary/aromatic N) is 1. The van der Waals surface area contributed by atoms with Gasteiger partial charge in [0.05, 0.1) is 18.3 Å². The minimum Gasteiger partial charge on any atom is -0.383 e. The number of carbonyl (C=O) groups is 1. The van der Waals surface area contributed by atoms with Crippen molar-refractivity contribution in [1.82, 2.24) is 9.62 Å². The highest BCUT2D eigenvalue weighted by Gasteiger charge is 2.31. The van der Waals surface area contributed by atoms with Gasteiger partial charge in [0, 0.05) is 26.7 Å². The Kier molecular flexibility index (Phi) is 7.47. The number of piperidine rings is 1. The van der Waals surface area contributed by atoms with Gasteiger partial charge in [0.1, 0.15) is 0 Å². The van der Waals surface area contributed by atoms with Crippen molar-refractivity contribution in [3.05, 3.63) is 0 Å². The number of ether oxygens (including phenoxy) is 1. The largest absolute Gasteiger partial charge is 0.383 e. The fourth-order valence-electron chi connectivity index (χ4n) is 2.29. The van der Waals surface area contributed by atoms with E-state index >= 15 is 0 Å². The standard InChI is InChI=1S/C13H26N2O4S/c1-3-4-10-20(17,18)15-8-5-6-12(11-15)13(16)14-7-9-19-2/h12H,3-11H2,1-2H3,(H,14,16)/t12-/m0/s1. The summed E-state index contributed by atoms with van der Waals surface area (Å²) in [5, 5.41) is 2.78. The van der Waals surface area contributed by atoms with Gasteiger partial charge in [-0.2, -0.15) is 0 Å². The van der Waals surface area contributed by atoms with Crippen LogP contribution in [0.2, 0.25) is 0 Å². The highest BCUT2D eigenvalue weighted by atomic mass is 32.2. The van der Waals surface area contributed by atoms with E-state index in [1.54, 1.807) is 7.11 Å². The second kappa shape index (κ2) is 8.59. The summed E-state index contributed by atoms with van der Waals surface area (Å²) < 4.78 is 30.7. The maximum absolute atomic E-state index is 12.1. The van der Waals surface area contributed by atoms with Crippen LogP contribution in [0.4, 0.5) is 0 Å². The lowest BCUT2D eigenvalue weighted by molar-refractivity contribution is -0.126. The van der Waals surface area contributed by atoms with Crippen molar-refractivity contribution >= 4 is 15.9 Å². The van der Waals surface area contributed by atoms with E-state index in [0.29, 0.717) is 32.7 Å². The quantitative estimate of drug-likeness (QED) is 0.666. The zero-order valence-electron chi connectivity index (χ0n) is 12.4. The zero-order chi connectivity index (χ0) is 15.0. The molecule has 1 aliphatic heterocycles. The highest BCUT2D eigenvalue weighted by Crippen LogP contribution is 2.20. The molecule has 1 heterocycles. The van der Waals surface area contributed by atoms with Crippen LogP contribution in [0.3, 0.4) is 0 Å². The molecule has 0 aromatic heterocycles. The van der Waals surface area contributed by atoms with Crippen molar-refractivity contribution in [2.75, 3.05) is 39.1 Å². The first kappa shape index (κ1) is 17.4. The maximum Gasteiger partial charge on any atom is 0.224 e. The number of unbranched alkanes of at least 4 members (excludes halogenated alkanes) is 1. The summed E-state index contributed by atoms with van der Waals surface area (Å²) in [6, 6.07) is 0. The number of hydrogen-bond donors (Lipinski definition) is 1. The first-order valence-electron chi connectivity index (χ1n) is 7.25. The summed E-state index contributed by atoms with van der Waals surface area (Å²) in [5.74, 6) is -0.129. The van der Waals surface area contributed by atoms with Crippen molar-refractivity contribution in [1.29, 1.82) is 0 Å². The fraction of sp³-hybridized carbons (Fsp3) is 0.923. The maximum atomic E-state index is 12.1. The molecule has 0 bridgehead atoms. The van der Waals surface area contributed by atoms with Gasteiger partial charge in [-0.25, -0.2) is 12.7 Å².